The van der Waals surface area contributed by atoms with Gasteiger partial charge in [-0.25, -0.2) is 0 Å². The number of nitrogens with one attached hydrogen (secondary N) is 13. The van der Waals surface area contributed by atoms with Crippen LogP contribution in [-0.2, 0) is 28.8 Å². The van der Waals surface area contributed by atoms with E-state index in [4.69, 9.17) is 56.0 Å². The molecular weight excluding hydrogens is 722 g/mol. The third-order valence-electron chi connectivity index (χ3n) is 7.66. The highest BCUT2D eigenvalue weighted by Gasteiger charge is 2.31. The highest BCUT2D eigenvalue weighted by molar-refractivity contribution is 5.96. The van der Waals surface area contributed by atoms with Crippen molar-refractivity contribution in [3.63, 3.8) is 0 Å². The number of nitrogens with two attached hydrogens (primary N) is 6. The molecule has 0 aliphatic heterocycles. The second kappa shape index (κ2) is 26.6. The quantitative estimate of drug-likeness (QED) is 0.0209. The summed E-state index contributed by atoms with van der Waals surface area (Å²) in [5.41, 5.74) is 32.4. The Bertz CT molecular complexity index is 1350. The van der Waals surface area contributed by atoms with Gasteiger partial charge in [0.05, 0.1) is 6.04 Å². The summed E-state index contributed by atoms with van der Waals surface area (Å²) < 4.78 is 0. The minimum atomic E-state index is -1.28. The van der Waals surface area contributed by atoms with Gasteiger partial charge in [0.2, 0.25) is 35.4 Å². The van der Waals surface area contributed by atoms with Crippen molar-refractivity contribution in [2.24, 2.45) is 34.4 Å². The zero-order valence-corrected chi connectivity index (χ0v) is 31.4. The van der Waals surface area contributed by atoms with Crippen molar-refractivity contribution in [3.05, 3.63) is 0 Å². The lowest BCUT2D eigenvalue weighted by Gasteiger charge is -2.27. The van der Waals surface area contributed by atoms with E-state index in [2.05, 4.69) is 47.9 Å². The van der Waals surface area contributed by atoms with E-state index < -0.39 is 71.7 Å². The Morgan fingerprint density at radius 3 is 1.00 bits per heavy atom. The van der Waals surface area contributed by atoms with E-state index in [9.17, 15) is 28.8 Å². The van der Waals surface area contributed by atoms with Crippen molar-refractivity contribution in [2.45, 2.75) is 101 Å². The predicted molar refractivity (Wildman–Crippen MR) is 205 cm³/mol. The smallest absolute Gasteiger partial charge is 0.243 e. The molecule has 312 valence electrons. The summed E-state index contributed by atoms with van der Waals surface area (Å²) in [5, 5.41) is 52.4. The van der Waals surface area contributed by atoms with E-state index in [1.807, 2.05) is 0 Å². The first-order valence-corrected chi connectivity index (χ1v) is 17.6. The lowest BCUT2D eigenvalue weighted by atomic mass is 10.0. The zero-order chi connectivity index (χ0) is 42.1. The molecule has 25 N–H and O–H groups in total. The number of hydrogen-bond acceptors (Lipinski definition) is 11. The van der Waals surface area contributed by atoms with Crippen LogP contribution in [0.15, 0.2) is 0 Å². The Balaban J connectivity index is 6.12. The van der Waals surface area contributed by atoms with Gasteiger partial charge < -0.3 is 82.3 Å². The lowest BCUT2D eigenvalue weighted by molar-refractivity contribution is -0.135. The summed E-state index contributed by atoms with van der Waals surface area (Å²) in [4.78, 5) is 78.3. The first kappa shape index (κ1) is 48.9. The van der Waals surface area contributed by atoms with Gasteiger partial charge in [0.15, 0.2) is 23.8 Å². The Hall–Kier alpha value is -6.14. The molecule has 6 amide bonds. The molecular formula is C30H61N19O6. The normalized spacial score (nSPS) is 13.8. The monoisotopic (exact) mass is 784 g/mol. The molecule has 0 saturated carbocycles. The first-order chi connectivity index (χ1) is 25.7. The fourth-order valence-corrected chi connectivity index (χ4v) is 4.73. The maximum Gasteiger partial charge on any atom is 0.243 e. The van der Waals surface area contributed by atoms with Crippen LogP contribution in [0.25, 0.3) is 0 Å². The number of primary amides is 1. The van der Waals surface area contributed by atoms with E-state index in [0.29, 0.717) is 6.42 Å². The fraction of sp³-hybridized carbons (Fsp3) is 0.667. The highest BCUT2D eigenvalue weighted by Crippen LogP contribution is 2.06. The van der Waals surface area contributed by atoms with Crippen molar-refractivity contribution < 1.29 is 28.8 Å². The molecule has 0 aromatic rings. The Labute approximate surface area is 319 Å². The molecule has 0 radical (unpaired) electrons. The fourth-order valence-electron chi connectivity index (χ4n) is 4.73. The maximum absolute atomic E-state index is 13.8. The predicted octanol–water partition coefficient (Wildman–Crippen LogP) is -6.68. The second-order valence-corrected chi connectivity index (χ2v) is 12.6. The number of carbonyl (C=O) groups is 6. The van der Waals surface area contributed by atoms with Gasteiger partial charge in [-0.15, -0.1) is 0 Å². The van der Waals surface area contributed by atoms with Crippen molar-refractivity contribution in [1.82, 2.24) is 47.9 Å². The molecule has 6 atom stereocenters. The van der Waals surface area contributed by atoms with Gasteiger partial charge in [0.25, 0.3) is 0 Å². The van der Waals surface area contributed by atoms with Crippen LogP contribution in [0.5, 0.6) is 0 Å². The third-order valence-corrected chi connectivity index (χ3v) is 7.66. The van der Waals surface area contributed by atoms with Gasteiger partial charge >= 0.3 is 0 Å². The summed E-state index contributed by atoms with van der Waals surface area (Å²) in [7, 11) is 0. The number of carbonyl (C=O) groups excluding carboxylic acids is 6. The third kappa shape index (κ3) is 23.2. The van der Waals surface area contributed by atoms with Crippen LogP contribution in [0.2, 0.25) is 0 Å². The van der Waals surface area contributed by atoms with Gasteiger partial charge in [-0.3, -0.25) is 50.4 Å². The summed E-state index contributed by atoms with van der Waals surface area (Å²) in [6, 6.07) is -6.96. The van der Waals surface area contributed by atoms with Gasteiger partial charge in [-0.1, -0.05) is 0 Å². The Kier molecular flexibility index (Phi) is 23.6. The number of rotatable bonds is 27. The highest BCUT2D eigenvalue weighted by atomic mass is 16.2. The average Bonchev–Trinajstić information content (AvgIpc) is 3.08. The van der Waals surface area contributed by atoms with E-state index >= 15 is 0 Å². The molecule has 0 aromatic heterocycles. The molecule has 0 bridgehead atoms. The second-order valence-electron chi connectivity index (χ2n) is 12.6. The van der Waals surface area contributed by atoms with Crippen LogP contribution < -0.4 is 82.3 Å². The molecule has 25 heteroatoms. The lowest BCUT2D eigenvalue weighted by Crippen LogP contribution is -2.59. The molecule has 55 heavy (non-hydrogen) atoms. The molecule has 25 nitrogen and oxygen atoms in total. The van der Waals surface area contributed by atoms with E-state index in [1.165, 1.54) is 13.8 Å². The minimum absolute atomic E-state index is 0.00676. The average molecular weight is 784 g/mol. The summed E-state index contributed by atoms with van der Waals surface area (Å²) in [5.74, 6) is -5.71. The topological polar surface area (TPSA) is 462 Å². The van der Waals surface area contributed by atoms with E-state index in [0.717, 1.165) is 0 Å². The maximum atomic E-state index is 13.8. The summed E-state index contributed by atoms with van der Waals surface area (Å²) >= 11 is 0. The largest absolute Gasteiger partial charge is 0.370 e. The number of guanidine groups is 4. The van der Waals surface area contributed by atoms with Crippen LogP contribution in [0.1, 0.15) is 65.2 Å². The van der Waals surface area contributed by atoms with Crippen LogP contribution in [0.3, 0.4) is 0 Å². The van der Waals surface area contributed by atoms with Gasteiger partial charge in [-0.05, 0) is 65.2 Å². The molecule has 0 fully saturated rings. The van der Waals surface area contributed by atoms with Crippen molar-refractivity contribution in [2.75, 3.05) is 26.2 Å². The standard InChI is InChI=1S/C30H61N19O6/c1-15(31)22(51)47-19(9-5-13-43-29(37)38)25(54)49-20(10-6-14-44-30(39)40)26(55)48-18(8-4-12-42-28(35)36)24(53)45-16(2)23(52)46-17(21(32)50)7-3-11-41-27(33)34/h15-20H,3-14,31H2,1-2H3,(H2,32,50)(H,45,53)(H,46,52)(H,47,51)(H,48,55)(H,49,54)(H4,33,34,41)(H4,35,36,42)(H4,37,38,43)(H4,39,40,44)/t15-,16-,17-,18-,19-,20-/m0/s1. The van der Waals surface area contributed by atoms with Crippen molar-refractivity contribution in [1.29, 1.82) is 21.6 Å². The first-order valence-electron chi connectivity index (χ1n) is 17.6. The molecule has 0 rings (SSSR count). The molecule has 0 unspecified atom stereocenters. The summed E-state index contributed by atoms with van der Waals surface area (Å²) in [6.07, 6.45) is 1.23. The minimum Gasteiger partial charge on any atom is -0.370 e. The molecule has 0 heterocycles. The van der Waals surface area contributed by atoms with Crippen LogP contribution in [-0.4, -0.2) is 122 Å². The van der Waals surface area contributed by atoms with Crippen molar-refractivity contribution >= 4 is 59.3 Å². The van der Waals surface area contributed by atoms with Crippen LogP contribution in [0.4, 0.5) is 0 Å². The van der Waals surface area contributed by atoms with Gasteiger partial charge in [-0.2, -0.15) is 0 Å². The Morgan fingerprint density at radius 2 is 0.709 bits per heavy atom. The van der Waals surface area contributed by atoms with E-state index in [1.54, 1.807) is 0 Å². The van der Waals surface area contributed by atoms with Crippen molar-refractivity contribution in [3.8, 4) is 0 Å². The molecule has 0 aromatic carbocycles. The Morgan fingerprint density at radius 1 is 0.436 bits per heavy atom. The summed E-state index contributed by atoms with van der Waals surface area (Å²) in [6.45, 7) is 3.54. The SMILES string of the molecule is C[C@H](N)C(=O)N[C@@H](CCCNC(=N)N)C(=O)N[C@@H](CCCNC(=N)N)C(=O)N[C@@H](CCCNC(=N)N)C(=O)N[C@@H](C)C(=O)N[C@@H](CCCNC(=N)N)C(N)=O. The molecule has 0 aliphatic carbocycles. The number of amides is 6. The van der Waals surface area contributed by atoms with Gasteiger partial charge in [0.1, 0.15) is 30.2 Å². The molecule has 0 aliphatic rings. The van der Waals surface area contributed by atoms with E-state index in [-0.39, 0.29) is 95.0 Å². The zero-order valence-electron chi connectivity index (χ0n) is 31.4. The van der Waals surface area contributed by atoms with Crippen LogP contribution in [0, 0.1) is 21.6 Å². The van der Waals surface area contributed by atoms with Gasteiger partial charge in [0, 0.05) is 26.2 Å². The molecule has 0 spiro atoms. The van der Waals surface area contributed by atoms with Crippen LogP contribution >= 0.6 is 0 Å². The number of hydrogen-bond donors (Lipinski definition) is 19. The molecule has 0 saturated heterocycles.